The summed E-state index contributed by atoms with van der Waals surface area (Å²) in [6, 6.07) is 7.67. The second-order valence-corrected chi connectivity index (χ2v) is 4.39. The van der Waals surface area contributed by atoms with Crippen molar-refractivity contribution in [3.05, 3.63) is 29.8 Å². The molecule has 0 aliphatic carbocycles. The lowest BCUT2D eigenvalue weighted by Gasteiger charge is -2.10. The normalized spacial score (nSPS) is 10.6. The lowest BCUT2D eigenvalue weighted by molar-refractivity contribution is -0.118. The molecule has 4 nitrogen and oxygen atoms in total. The Labute approximate surface area is 102 Å². The van der Waals surface area contributed by atoms with E-state index in [0.29, 0.717) is 12.5 Å². The molecule has 1 amide bonds. The van der Waals surface area contributed by atoms with Crippen LogP contribution < -0.4 is 10.8 Å². The number of benzene rings is 1. The van der Waals surface area contributed by atoms with Crippen LogP contribution >= 0.6 is 0 Å². The molecule has 4 heteroatoms. The molecule has 1 aromatic carbocycles. The van der Waals surface area contributed by atoms with Gasteiger partial charge in [-0.05, 0) is 24.5 Å². The Balaban J connectivity index is 2.28. The molecule has 0 spiro atoms. The first-order chi connectivity index (χ1) is 8.09. The first-order valence-electron chi connectivity index (χ1n) is 5.79. The maximum absolute atomic E-state index is 11.6. The minimum atomic E-state index is -0.108. The molecule has 0 saturated heterocycles. The molecule has 0 unspecified atom stereocenters. The van der Waals surface area contributed by atoms with E-state index in [0.717, 1.165) is 11.3 Å². The summed E-state index contributed by atoms with van der Waals surface area (Å²) in [5, 5.41) is 2.82. The molecule has 0 atom stereocenters. The van der Waals surface area contributed by atoms with E-state index >= 15 is 0 Å². The number of rotatable bonds is 6. The van der Waals surface area contributed by atoms with Gasteiger partial charge in [-0.1, -0.05) is 32.0 Å². The van der Waals surface area contributed by atoms with E-state index in [1.807, 2.05) is 31.2 Å². The highest BCUT2D eigenvalue weighted by molar-refractivity contribution is 5.92. The largest absolute Gasteiger partial charge is 0.325 e. The molecule has 1 rings (SSSR count). The summed E-state index contributed by atoms with van der Waals surface area (Å²) in [5.74, 6) is 0.338. The van der Waals surface area contributed by atoms with Crippen LogP contribution in [0.2, 0.25) is 0 Å². The fourth-order valence-corrected chi connectivity index (χ4v) is 1.25. The molecule has 1 aromatic rings. The van der Waals surface area contributed by atoms with Crippen molar-refractivity contribution in [3.63, 3.8) is 0 Å². The highest BCUT2D eigenvalue weighted by atomic mass is 16.6. The van der Waals surface area contributed by atoms with E-state index in [-0.39, 0.29) is 12.5 Å². The van der Waals surface area contributed by atoms with Crippen LogP contribution in [-0.2, 0) is 9.63 Å². The van der Waals surface area contributed by atoms with Crippen LogP contribution in [0.5, 0.6) is 0 Å². The van der Waals surface area contributed by atoms with Gasteiger partial charge in [-0.25, -0.2) is 0 Å². The SMILES string of the molecule is Cc1ccccc1NC(=O)CNOCC(C)C. The summed E-state index contributed by atoms with van der Waals surface area (Å²) in [5.41, 5.74) is 4.53. The van der Waals surface area contributed by atoms with Crippen LogP contribution in [0.1, 0.15) is 19.4 Å². The Morgan fingerprint density at radius 2 is 2.06 bits per heavy atom. The highest BCUT2D eigenvalue weighted by Gasteiger charge is 2.03. The zero-order valence-corrected chi connectivity index (χ0v) is 10.6. The number of hydrogen-bond donors (Lipinski definition) is 2. The second kappa shape index (κ2) is 7.04. The van der Waals surface area contributed by atoms with Crippen LogP contribution in [0.4, 0.5) is 5.69 Å². The Morgan fingerprint density at radius 3 is 2.71 bits per heavy atom. The van der Waals surface area contributed by atoms with Gasteiger partial charge in [-0.3, -0.25) is 4.79 Å². The van der Waals surface area contributed by atoms with E-state index in [2.05, 4.69) is 24.6 Å². The average Bonchev–Trinajstić information content (AvgIpc) is 2.27. The summed E-state index contributed by atoms with van der Waals surface area (Å²) in [7, 11) is 0. The van der Waals surface area contributed by atoms with Gasteiger partial charge in [0.25, 0.3) is 0 Å². The van der Waals surface area contributed by atoms with Gasteiger partial charge in [0.05, 0.1) is 6.61 Å². The fraction of sp³-hybridized carbons (Fsp3) is 0.462. The van der Waals surface area contributed by atoms with Crippen LogP contribution in [0.3, 0.4) is 0 Å². The standard InChI is InChI=1S/C13H20N2O2/c1-10(2)9-17-14-8-13(16)15-12-7-5-4-6-11(12)3/h4-7,10,14H,8-9H2,1-3H3,(H,15,16). The van der Waals surface area contributed by atoms with Gasteiger partial charge in [-0.15, -0.1) is 0 Å². The van der Waals surface area contributed by atoms with Crippen molar-refractivity contribution in [3.8, 4) is 0 Å². The van der Waals surface area contributed by atoms with Gasteiger partial charge in [0.1, 0.15) is 6.54 Å². The predicted molar refractivity (Wildman–Crippen MR) is 68.6 cm³/mol. The van der Waals surface area contributed by atoms with Crippen molar-refractivity contribution in [1.82, 2.24) is 5.48 Å². The van der Waals surface area contributed by atoms with E-state index in [9.17, 15) is 4.79 Å². The first-order valence-corrected chi connectivity index (χ1v) is 5.79. The van der Waals surface area contributed by atoms with Gasteiger partial charge >= 0.3 is 0 Å². The molecule has 0 aliphatic heterocycles. The minimum Gasteiger partial charge on any atom is -0.325 e. The molecule has 0 aromatic heterocycles. The van der Waals surface area contributed by atoms with Gasteiger partial charge in [0.15, 0.2) is 0 Å². The van der Waals surface area contributed by atoms with Crippen molar-refractivity contribution < 1.29 is 9.63 Å². The number of nitrogens with one attached hydrogen (secondary N) is 2. The molecule has 0 fully saturated rings. The summed E-state index contributed by atoms with van der Waals surface area (Å²) in [4.78, 5) is 16.7. The number of carbonyl (C=O) groups is 1. The van der Waals surface area contributed by atoms with E-state index in [1.54, 1.807) is 0 Å². The minimum absolute atomic E-state index is 0.108. The summed E-state index contributed by atoms with van der Waals surface area (Å²) < 4.78 is 0. The average molecular weight is 236 g/mol. The van der Waals surface area contributed by atoms with Crippen LogP contribution in [0, 0.1) is 12.8 Å². The molecule has 0 radical (unpaired) electrons. The molecule has 0 heterocycles. The summed E-state index contributed by atoms with van der Waals surface area (Å²) in [6.45, 7) is 6.81. The van der Waals surface area contributed by atoms with Crippen LogP contribution in [0.25, 0.3) is 0 Å². The molecule has 0 aliphatic rings. The van der Waals surface area contributed by atoms with Crippen LogP contribution in [0.15, 0.2) is 24.3 Å². The highest BCUT2D eigenvalue weighted by Crippen LogP contribution is 2.12. The van der Waals surface area contributed by atoms with E-state index in [1.165, 1.54) is 0 Å². The van der Waals surface area contributed by atoms with Gasteiger partial charge < -0.3 is 10.2 Å². The number of amides is 1. The monoisotopic (exact) mass is 236 g/mol. The summed E-state index contributed by atoms with van der Waals surface area (Å²) >= 11 is 0. The molecular weight excluding hydrogens is 216 g/mol. The lowest BCUT2D eigenvalue weighted by Crippen LogP contribution is -2.29. The number of hydroxylamine groups is 1. The second-order valence-electron chi connectivity index (χ2n) is 4.39. The maximum atomic E-state index is 11.6. The van der Waals surface area contributed by atoms with E-state index in [4.69, 9.17) is 4.84 Å². The number of para-hydroxylation sites is 1. The molecule has 2 N–H and O–H groups in total. The fourth-order valence-electron chi connectivity index (χ4n) is 1.25. The Morgan fingerprint density at radius 1 is 1.35 bits per heavy atom. The number of anilines is 1. The van der Waals surface area contributed by atoms with Gasteiger partial charge in [0.2, 0.25) is 5.91 Å². The molecule has 0 saturated carbocycles. The van der Waals surface area contributed by atoms with E-state index < -0.39 is 0 Å². The smallest absolute Gasteiger partial charge is 0.240 e. The summed E-state index contributed by atoms with van der Waals surface area (Å²) in [6.07, 6.45) is 0. The third-order valence-corrected chi connectivity index (χ3v) is 2.17. The quantitative estimate of drug-likeness (QED) is 0.587. The predicted octanol–water partition coefficient (Wildman–Crippen LogP) is 2.11. The molecule has 94 valence electrons. The van der Waals surface area contributed by atoms with Crippen molar-refractivity contribution in [1.29, 1.82) is 0 Å². The van der Waals surface area contributed by atoms with Crippen molar-refractivity contribution in [2.75, 3.05) is 18.5 Å². The maximum Gasteiger partial charge on any atom is 0.240 e. The van der Waals surface area contributed by atoms with Crippen molar-refractivity contribution in [2.45, 2.75) is 20.8 Å². The number of hydrogen-bond acceptors (Lipinski definition) is 3. The third-order valence-electron chi connectivity index (χ3n) is 2.17. The molecule has 17 heavy (non-hydrogen) atoms. The Hall–Kier alpha value is -1.39. The topological polar surface area (TPSA) is 50.4 Å². The number of carbonyl (C=O) groups excluding carboxylic acids is 1. The van der Waals surface area contributed by atoms with Crippen LogP contribution in [-0.4, -0.2) is 19.1 Å². The lowest BCUT2D eigenvalue weighted by atomic mass is 10.2. The van der Waals surface area contributed by atoms with Crippen molar-refractivity contribution in [2.24, 2.45) is 5.92 Å². The third kappa shape index (κ3) is 5.47. The number of aryl methyl sites for hydroxylation is 1. The first kappa shape index (κ1) is 13.7. The Kier molecular flexibility index (Phi) is 5.66. The zero-order chi connectivity index (χ0) is 12.7. The van der Waals surface area contributed by atoms with Gasteiger partial charge in [0, 0.05) is 5.69 Å². The molecule has 0 bridgehead atoms. The molecular formula is C13H20N2O2. The zero-order valence-electron chi connectivity index (χ0n) is 10.6. The van der Waals surface area contributed by atoms with Gasteiger partial charge in [-0.2, -0.15) is 5.48 Å². The Bertz CT molecular complexity index is 364. The van der Waals surface area contributed by atoms with Crippen molar-refractivity contribution >= 4 is 11.6 Å².